The fourth-order valence-corrected chi connectivity index (χ4v) is 1.81. The second kappa shape index (κ2) is 6.36. The van der Waals surface area contributed by atoms with Crippen molar-refractivity contribution in [2.75, 3.05) is 6.54 Å². The van der Waals surface area contributed by atoms with Crippen LogP contribution in [0.2, 0.25) is 5.02 Å². The van der Waals surface area contributed by atoms with Crippen LogP contribution in [-0.4, -0.2) is 17.6 Å². The molecule has 2 N–H and O–H groups in total. The second-order valence-electron chi connectivity index (χ2n) is 4.14. The summed E-state index contributed by atoms with van der Waals surface area (Å²) in [6.07, 6.45) is -0.711. The van der Waals surface area contributed by atoms with E-state index in [1.165, 1.54) is 0 Å². The number of hydrogen-bond donors (Lipinski definition) is 2. The van der Waals surface area contributed by atoms with Crippen LogP contribution < -0.4 is 5.32 Å². The van der Waals surface area contributed by atoms with Crippen LogP contribution in [0.3, 0.4) is 0 Å². The van der Waals surface area contributed by atoms with Gasteiger partial charge in [0.15, 0.2) is 0 Å². The van der Waals surface area contributed by atoms with E-state index in [0.29, 0.717) is 10.6 Å². The number of amides is 1. The zero-order valence-corrected chi connectivity index (χ0v) is 11.0. The number of aliphatic hydroxyl groups is 1. The molecule has 98 valence electrons. The largest absolute Gasteiger partial charge is 0.387 e. The monoisotopic (exact) mass is 275 g/mol. The van der Waals surface area contributed by atoms with Crippen molar-refractivity contribution < 1.29 is 9.90 Å². The summed E-state index contributed by atoms with van der Waals surface area (Å²) in [5.74, 6) is -0.230. The Labute approximate surface area is 116 Å². The van der Waals surface area contributed by atoms with Gasteiger partial charge in [-0.15, -0.1) is 0 Å². The first-order chi connectivity index (χ1) is 9.16. The molecule has 0 saturated heterocycles. The molecule has 0 saturated carbocycles. The van der Waals surface area contributed by atoms with Gasteiger partial charge in [-0.05, 0) is 29.8 Å². The number of hydrogen-bond acceptors (Lipinski definition) is 2. The maximum absolute atomic E-state index is 11.8. The summed E-state index contributed by atoms with van der Waals surface area (Å²) < 4.78 is 0. The molecule has 0 spiro atoms. The molecule has 2 rings (SSSR count). The third-order valence-corrected chi connectivity index (χ3v) is 3.00. The van der Waals surface area contributed by atoms with Crippen molar-refractivity contribution in [2.45, 2.75) is 6.10 Å². The van der Waals surface area contributed by atoms with Crippen LogP contribution in [0.4, 0.5) is 0 Å². The number of carbonyl (C=O) groups excluding carboxylic acids is 1. The average molecular weight is 276 g/mol. The molecule has 0 radical (unpaired) electrons. The lowest BCUT2D eigenvalue weighted by Crippen LogP contribution is -2.28. The van der Waals surface area contributed by atoms with Gasteiger partial charge in [0, 0.05) is 17.1 Å². The summed E-state index contributed by atoms with van der Waals surface area (Å²) in [6.45, 7) is 0.172. The van der Waals surface area contributed by atoms with Crippen molar-refractivity contribution >= 4 is 17.5 Å². The summed E-state index contributed by atoms with van der Waals surface area (Å²) in [6, 6.07) is 15.8. The Bertz CT molecular complexity index is 540. The van der Waals surface area contributed by atoms with Gasteiger partial charge in [-0.3, -0.25) is 4.79 Å². The third kappa shape index (κ3) is 3.81. The SMILES string of the molecule is O=C(NCC(O)c1ccccc1)c1ccc(Cl)cc1. The van der Waals surface area contributed by atoms with E-state index in [0.717, 1.165) is 5.56 Å². The predicted molar refractivity (Wildman–Crippen MR) is 75.2 cm³/mol. The average Bonchev–Trinajstić information content (AvgIpc) is 2.46. The maximum Gasteiger partial charge on any atom is 0.251 e. The molecule has 1 unspecified atom stereocenters. The zero-order valence-electron chi connectivity index (χ0n) is 10.2. The Morgan fingerprint density at radius 1 is 1.11 bits per heavy atom. The maximum atomic E-state index is 11.8. The summed E-state index contributed by atoms with van der Waals surface area (Å²) in [4.78, 5) is 11.8. The van der Waals surface area contributed by atoms with Gasteiger partial charge in [-0.25, -0.2) is 0 Å². The van der Waals surface area contributed by atoms with Crippen LogP contribution in [0.1, 0.15) is 22.0 Å². The standard InChI is InChI=1S/C15H14ClNO2/c16-13-8-6-12(7-9-13)15(19)17-10-14(18)11-4-2-1-3-5-11/h1-9,14,18H,10H2,(H,17,19). The van der Waals surface area contributed by atoms with Gasteiger partial charge in [-0.2, -0.15) is 0 Å². The molecule has 1 atom stereocenters. The molecule has 2 aromatic carbocycles. The quantitative estimate of drug-likeness (QED) is 0.901. The first-order valence-electron chi connectivity index (χ1n) is 5.93. The van der Waals surface area contributed by atoms with E-state index in [4.69, 9.17) is 11.6 Å². The lowest BCUT2D eigenvalue weighted by Gasteiger charge is -2.12. The Balaban J connectivity index is 1.92. The van der Waals surface area contributed by atoms with Crippen molar-refractivity contribution in [1.29, 1.82) is 0 Å². The molecule has 3 nitrogen and oxygen atoms in total. The second-order valence-corrected chi connectivity index (χ2v) is 4.58. The minimum absolute atomic E-state index is 0.172. The number of carbonyl (C=O) groups is 1. The fraction of sp³-hybridized carbons (Fsp3) is 0.133. The number of benzene rings is 2. The Morgan fingerprint density at radius 2 is 1.74 bits per heavy atom. The zero-order chi connectivity index (χ0) is 13.7. The molecule has 0 bridgehead atoms. The van der Waals surface area contributed by atoms with Crippen molar-refractivity contribution in [3.8, 4) is 0 Å². The van der Waals surface area contributed by atoms with Gasteiger partial charge in [0.1, 0.15) is 0 Å². The molecule has 0 aliphatic heterocycles. The summed E-state index contributed by atoms with van der Waals surface area (Å²) in [5, 5.41) is 13.2. The van der Waals surface area contributed by atoms with Gasteiger partial charge in [0.2, 0.25) is 0 Å². The van der Waals surface area contributed by atoms with Gasteiger partial charge in [-0.1, -0.05) is 41.9 Å². The topological polar surface area (TPSA) is 49.3 Å². The number of halogens is 1. The van der Waals surface area contributed by atoms with E-state index in [-0.39, 0.29) is 12.5 Å². The van der Waals surface area contributed by atoms with Crippen LogP contribution in [0.25, 0.3) is 0 Å². The number of rotatable bonds is 4. The van der Waals surface area contributed by atoms with E-state index in [1.807, 2.05) is 30.3 Å². The smallest absolute Gasteiger partial charge is 0.251 e. The van der Waals surface area contributed by atoms with Crippen molar-refractivity contribution in [3.05, 3.63) is 70.7 Å². The van der Waals surface area contributed by atoms with E-state index >= 15 is 0 Å². The van der Waals surface area contributed by atoms with Crippen LogP contribution >= 0.6 is 11.6 Å². The van der Waals surface area contributed by atoms with E-state index in [9.17, 15) is 9.90 Å². The molecular weight excluding hydrogens is 262 g/mol. The lowest BCUT2D eigenvalue weighted by molar-refractivity contribution is 0.0916. The van der Waals surface area contributed by atoms with E-state index in [1.54, 1.807) is 24.3 Å². The Hall–Kier alpha value is -1.84. The molecule has 1 amide bonds. The highest BCUT2D eigenvalue weighted by atomic mass is 35.5. The Morgan fingerprint density at radius 3 is 2.37 bits per heavy atom. The van der Waals surface area contributed by atoms with E-state index in [2.05, 4.69) is 5.32 Å². The molecule has 19 heavy (non-hydrogen) atoms. The molecule has 0 heterocycles. The van der Waals surface area contributed by atoms with Gasteiger partial charge in [0.25, 0.3) is 5.91 Å². The minimum Gasteiger partial charge on any atom is -0.387 e. The summed E-state index contributed by atoms with van der Waals surface area (Å²) in [7, 11) is 0. The normalized spacial score (nSPS) is 11.9. The molecule has 0 aliphatic carbocycles. The first-order valence-corrected chi connectivity index (χ1v) is 6.31. The molecule has 0 aliphatic rings. The lowest BCUT2D eigenvalue weighted by atomic mass is 10.1. The van der Waals surface area contributed by atoms with Crippen molar-refractivity contribution in [3.63, 3.8) is 0 Å². The van der Waals surface area contributed by atoms with Crippen LogP contribution in [0.5, 0.6) is 0 Å². The van der Waals surface area contributed by atoms with Crippen LogP contribution in [0, 0.1) is 0 Å². The molecule has 2 aromatic rings. The Kier molecular flexibility index (Phi) is 4.55. The van der Waals surface area contributed by atoms with E-state index < -0.39 is 6.10 Å². The molecule has 4 heteroatoms. The first kappa shape index (κ1) is 13.6. The van der Waals surface area contributed by atoms with Gasteiger partial charge < -0.3 is 10.4 Å². The summed E-state index contributed by atoms with van der Waals surface area (Å²) >= 11 is 5.75. The van der Waals surface area contributed by atoms with Gasteiger partial charge in [0.05, 0.1) is 6.10 Å². The third-order valence-electron chi connectivity index (χ3n) is 2.75. The van der Waals surface area contributed by atoms with Gasteiger partial charge >= 0.3 is 0 Å². The highest BCUT2D eigenvalue weighted by Gasteiger charge is 2.10. The predicted octanol–water partition coefficient (Wildman–Crippen LogP) is 2.80. The van der Waals surface area contributed by atoms with Crippen LogP contribution in [0.15, 0.2) is 54.6 Å². The van der Waals surface area contributed by atoms with Crippen molar-refractivity contribution in [2.24, 2.45) is 0 Å². The van der Waals surface area contributed by atoms with Crippen LogP contribution in [-0.2, 0) is 0 Å². The highest BCUT2D eigenvalue weighted by molar-refractivity contribution is 6.30. The van der Waals surface area contributed by atoms with Crippen molar-refractivity contribution in [1.82, 2.24) is 5.32 Å². The molecule has 0 aromatic heterocycles. The summed E-state index contributed by atoms with van der Waals surface area (Å²) in [5.41, 5.74) is 1.29. The fourth-order valence-electron chi connectivity index (χ4n) is 1.69. The molecule has 0 fully saturated rings. The minimum atomic E-state index is -0.711. The number of nitrogens with one attached hydrogen (secondary N) is 1. The molecular formula is C15H14ClNO2. The highest BCUT2D eigenvalue weighted by Crippen LogP contribution is 2.12. The number of aliphatic hydroxyl groups excluding tert-OH is 1.